The third kappa shape index (κ3) is 4.94. The molecule has 122 valence electrons. The van der Waals surface area contributed by atoms with Crippen molar-refractivity contribution in [2.45, 2.75) is 32.6 Å². The molecule has 3 N–H and O–H groups in total. The van der Waals surface area contributed by atoms with Crippen LogP contribution in [-0.4, -0.2) is 60.2 Å². The molecule has 0 aromatic rings. The summed E-state index contributed by atoms with van der Waals surface area (Å²) in [6.45, 7) is 1.95. The number of hydrogen-bond donors (Lipinski definition) is 2. The Morgan fingerprint density at radius 2 is 2.10 bits per heavy atom. The first-order chi connectivity index (χ1) is 9.78. The van der Waals surface area contributed by atoms with Crippen molar-refractivity contribution in [1.29, 1.82) is 0 Å². The molecule has 0 aromatic heterocycles. The highest BCUT2D eigenvalue weighted by Gasteiger charge is 2.36. The zero-order valence-electron chi connectivity index (χ0n) is 12.2. The van der Waals surface area contributed by atoms with Gasteiger partial charge < -0.3 is 10.8 Å². The molecule has 1 aliphatic heterocycles. The topological polar surface area (TPSA) is 121 Å². The molecule has 21 heavy (non-hydrogen) atoms. The smallest absolute Gasteiger partial charge is 0.307 e. The van der Waals surface area contributed by atoms with Crippen molar-refractivity contribution >= 4 is 22.1 Å². The largest absolute Gasteiger partial charge is 0.481 e. The third-order valence-corrected chi connectivity index (χ3v) is 5.43. The van der Waals surface area contributed by atoms with E-state index in [4.69, 9.17) is 10.8 Å². The number of carbonyl (C=O) groups is 2. The molecule has 9 heteroatoms. The van der Waals surface area contributed by atoms with Crippen LogP contribution in [0.4, 0.5) is 0 Å². The summed E-state index contributed by atoms with van der Waals surface area (Å²) >= 11 is 0. The van der Waals surface area contributed by atoms with Gasteiger partial charge >= 0.3 is 5.97 Å². The molecule has 1 amide bonds. The van der Waals surface area contributed by atoms with Gasteiger partial charge in [-0.25, -0.2) is 0 Å². The lowest BCUT2D eigenvalue weighted by molar-refractivity contribution is -0.143. The number of carboxylic acids is 1. The minimum atomic E-state index is -3.86. The molecule has 0 saturated carbocycles. The summed E-state index contributed by atoms with van der Waals surface area (Å²) in [5.41, 5.74) is 5.11. The molecule has 0 radical (unpaired) electrons. The van der Waals surface area contributed by atoms with Crippen molar-refractivity contribution in [1.82, 2.24) is 8.61 Å². The fourth-order valence-electron chi connectivity index (χ4n) is 2.30. The number of piperidine rings is 1. The van der Waals surface area contributed by atoms with Crippen LogP contribution in [0.2, 0.25) is 0 Å². The van der Waals surface area contributed by atoms with E-state index in [0.717, 1.165) is 15.0 Å². The zero-order valence-corrected chi connectivity index (χ0v) is 13.0. The van der Waals surface area contributed by atoms with E-state index >= 15 is 0 Å². The number of amides is 1. The monoisotopic (exact) mass is 321 g/mol. The van der Waals surface area contributed by atoms with Crippen LogP contribution in [0.25, 0.3) is 0 Å². The maximum absolute atomic E-state index is 12.5. The second-order valence-electron chi connectivity index (χ2n) is 5.20. The molecular formula is C12H23N3O5S. The van der Waals surface area contributed by atoms with Gasteiger partial charge in [0, 0.05) is 19.6 Å². The minimum absolute atomic E-state index is 0.0565. The third-order valence-electron chi connectivity index (χ3n) is 3.48. The van der Waals surface area contributed by atoms with Gasteiger partial charge in [-0.3, -0.25) is 9.59 Å². The van der Waals surface area contributed by atoms with E-state index in [0.29, 0.717) is 19.3 Å². The van der Waals surface area contributed by atoms with E-state index in [1.165, 1.54) is 0 Å². The van der Waals surface area contributed by atoms with Gasteiger partial charge in [-0.1, -0.05) is 13.3 Å². The molecule has 1 fully saturated rings. The number of hydrogen-bond acceptors (Lipinski definition) is 4. The Labute approximate surface area is 125 Å². The molecule has 1 aliphatic rings. The lowest BCUT2D eigenvalue weighted by Crippen LogP contribution is -2.51. The second-order valence-corrected chi connectivity index (χ2v) is 7.13. The molecule has 1 heterocycles. The van der Waals surface area contributed by atoms with Crippen molar-refractivity contribution in [3.05, 3.63) is 0 Å². The van der Waals surface area contributed by atoms with Crippen LogP contribution < -0.4 is 5.73 Å². The van der Waals surface area contributed by atoms with Gasteiger partial charge in [0.1, 0.15) is 0 Å². The fraction of sp³-hybridized carbons (Fsp3) is 0.833. The van der Waals surface area contributed by atoms with E-state index in [-0.39, 0.29) is 26.2 Å². The Kier molecular flexibility index (Phi) is 6.56. The molecule has 8 nitrogen and oxygen atoms in total. The maximum Gasteiger partial charge on any atom is 0.307 e. The van der Waals surface area contributed by atoms with Gasteiger partial charge in [-0.05, 0) is 19.3 Å². The molecule has 1 atom stereocenters. The van der Waals surface area contributed by atoms with E-state index in [1.54, 1.807) is 0 Å². The first-order valence-electron chi connectivity index (χ1n) is 7.05. The van der Waals surface area contributed by atoms with Crippen molar-refractivity contribution in [3.63, 3.8) is 0 Å². The van der Waals surface area contributed by atoms with Crippen LogP contribution >= 0.6 is 0 Å². The van der Waals surface area contributed by atoms with Crippen LogP contribution in [0.1, 0.15) is 32.6 Å². The summed E-state index contributed by atoms with van der Waals surface area (Å²) < 4.78 is 27.3. The van der Waals surface area contributed by atoms with Gasteiger partial charge in [0.25, 0.3) is 10.2 Å². The van der Waals surface area contributed by atoms with Crippen LogP contribution in [0, 0.1) is 5.92 Å². The van der Waals surface area contributed by atoms with Crippen molar-refractivity contribution < 1.29 is 23.1 Å². The predicted octanol–water partition coefficient (Wildman–Crippen LogP) is -0.385. The molecule has 1 rings (SSSR count). The zero-order chi connectivity index (χ0) is 16.0. The van der Waals surface area contributed by atoms with Crippen molar-refractivity contribution in [2.75, 3.05) is 26.2 Å². The van der Waals surface area contributed by atoms with Crippen molar-refractivity contribution in [2.24, 2.45) is 11.7 Å². The number of rotatable bonds is 8. The highest BCUT2D eigenvalue weighted by molar-refractivity contribution is 7.86. The average molecular weight is 321 g/mol. The molecular weight excluding hydrogens is 298 g/mol. The SMILES string of the molecule is CCCCN(CC(N)=O)S(=O)(=O)N1CCCC(C(=O)O)C1. The summed E-state index contributed by atoms with van der Waals surface area (Å²) in [6.07, 6.45) is 2.35. The lowest BCUT2D eigenvalue weighted by Gasteiger charge is -2.33. The number of nitrogens with zero attached hydrogens (tertiary/aromatic N) is 2. The van der Waals surface area contributed by atoms with E-state index in [2.05, 4.69) is 0 Å². The van der Waals surface area contributed by atoms with Gasteiger partial charge in [0.15, 0.2) is 0 Å². The number of carboxylic acid groups (broad SMARTS) is 1. The van der Waals surface area contributed by atoms with Crippen LogP contribution in [0.3, 0.4) is 0 Å². The molecule has 1 unspecified atom stereocenters. The Balaban J connectivity index is 2.87. The Morgan fingerprint density at radius 1 is 1.43 bits per heavy atom. The molecule has 0 aromatic carbocycles. The average Bonchev–Trinajstić information content (AvgIpc) is 2.43. The van der Waals surface area contributed by atoms with Crippen LogP contribution in [0.15, 0.2) is 0 Å². The minimum Gasteiger partial charge on any atom is -0.481 e. The van der Waals surface area contributed by atoms with Gasteiger partial charge in [-0.2, -0.15) is 17.0 Å². The van der Waals surface area contributed by atoms with E-state index in [1.807, 2.05) is 6.92 Å². The number of nitrogens with two attached hydrogens (primary N) is 1. The number of aliphatic carboxylic acids is 1. The van der Waals surface area contributed by atoms with Gasteiger partial charge in [0.05, 0.1) is 12.5 Å². The molecule has 1 saturated heterocycles. The van der Waals surface area contributed by atoms with Crippen molar-refractivity contribution in [3.8, 4) is 0 Å². The molecule has 0 aliphatic carbocycles. The fourth-order valence-corrected chi connectivity index (χ4v) is 4.01. The second kappa shape index (κ2) is 7.71. The highest BCUT2D eigenvalue weighted by Crippen LogP contribution is 2.21. The first kappa shape index (κ1) is 17.9. The number of unbranched alkanes of at least 4 members (excludes halogenated alkanes) is 1. The molecule has 0 bridgehead atoms. The maximum atomic E-state index is 12.5. The predicted molar refractivity (Wildman–Crippen MR) is 76.5 cm³/mol. The van der Waals surface area contributed by atoms with Crippen LogP contribution in [0.5, 0.6) is 0 Å². The Morgan fingerprint density at radius 3 is 2.62 bits per heavy atom. The highest BCUT2D eigenvalue weighted by atomic mass is 32.2. The standard InChI is InChI=1S/C12H23N3O5S/c1-2-3-6-15(9-11(13)16)21(19,20)14-7-4-5-10(8-14)12(17)18/h10H,2-9H2,1H3,(H2,13,16)(H,17,18). The Bertz CT molecular complexity index is 479. The number of primary amides is 1. The van der Waals surface area contributed by atoms with Gasteiger partial charge in [0.2, 0.25) is 5.91 Å². The number of carbonyl (C=O) groups excluding carboxylic acids is 1. The summed E-state index contributed by atoms with van der Waals surface area (Å²) in [6, 6.07) is 0. The quantitative estimate of drug-likeness (QED) is 0.631. The van der Waals surface area contributed by atoms with Gasteiger partial charge in [-0.15, -0.1) is 0 Å². The normalized spacial score (nSPS) is 20.6. The van der Waals surface area contributed by atoms with E-state index < -0.39 is 28.0 Å². The Hall–Kier alpha value is -1.19. The van der Waals surface area contributed by atoms with Crippen LogP contribution in [-0.2, 0) is 19.8 Å². The molecule has 0 spiro atoms. The summed E-state index contributed by atoms with van der Waals surface area (Å²) in [5.74, 6) is -2.42. The lowest BCUT2D eigenvalue weighted by atomic mass is 10.0. The summed E-state index contributed by atoms with van der Waals surface area (Å²) in [4.78, 5) is 22.1. The van der Waals surface area contributed by atoms with E-state index in [9.17, 15) is 18.0 Å². The summed E-state index contributed by atoms with van der Waals surface area (Å²) in [7, 11) is -3.86. The first-order valence-corrected chi connectivity index (χ1v) is 8.45. The summed E-state index contributed by atoms with van der Waals surface area (Å²) in [5, 5.41) is 9.04.